The highest BCUT2D eigenvalue weighted by molar-refractivity contribution is 5.79. The smallest absolute Gasteiger partial charge is 0.406 e. The van der Waals surface area contributed by atoms with Gasteiger partial charge in [0.05, 0.1) is 6.42 Å². The molecule has 0 radical (unpaired) electrons. The fraction of sp³-hybridized carbons (Fsp3) is 0.857. The summed E-state index contributed by atoms with van der Waals surface area (Å²) in [5.41, 5.74) is -0.651. The van der Waals surface area contributed by atoms with Gasteiger partial charge in [0, 0.05) is 12.5 Å². The summed E-state index contributed by atoms with van der Waals surface area (Å²) in [6, 6.07) is -0.317. The standard InChI is InChI=1S/C14H20F3NO3/c15-14(16,17)9-18(10-3-4-10)11(19)7-13(8-12(20)21)5-1-2-6-13/h10H,1-9H2,(H,20,21). The number of aliphatic carboxylic acids is 1. The second-order valence-electron chi connectivity index (χ2n) is 6.32. The number of carboxylic acids is 1. The van der Waals surface area contributed by atoms with Gasteiger partial charge in [0.15, 0.2) is 0 Å². The summed E-state index contributed by atoms with van der Waals surface area (Å²) in [4.78, 5) is 24.2. The second kappa shape index (κ2) is 5.85. The van der Waals surface area contributed by atoms with E-state index in [0.717, 1.165) is 17.7 Å². The van der Waals surface area contributed by atoms with Crippen LogP contribution < -0.4 is 0 Å². The van der Waals surface area contributed by atoms with Crippen LogP contribution in [0.25, 0.3) is 0 Å². The van der Waals surface area contributed by atoms with E-state index in [2.05, 4.69) is 0 Å². The highest BCUT2D eigenvalue weighted by Crippen LogP contribution is 2.45. The Balaban J connectivity index is 2.04. The number of nitrogens with zero attached hydrogens (tertiary/aromatic N) is 1. The SMILES string of the molecule is O=C(O)CC1(CC(=O)N(CC(F)(F)F)C2CC2)CCCC1. The van der Waals surface area contributed by atoms with Gasteiger partial charge in [-0.05, 0) is 31.1 Å². The summed E-state index contributed by atoms with van der Waals surface area (Å²) < 4.78 is 37.8. The molecule has 0 aromatic carbocycles. The fourth-order valence-electron chi connectivity index (χ4n) is 3.28. The van der Waals surface area contributed by atoms with E-state index in [1.165, 1.54) is 0 Å². The van der Waals surface area contributed by atoms with Crippen molar-refractivity contribution in [3.63, 3.8) is 0 Å². The molecular formula is C14H20F3NO3. The molecule has 120 valence electrons. The van der Waals surface area contributed by atoms with Gasteiger partial charge < -0.3 is 10.0 Å². The van der Waals surface area contributed by atoms with Crippen LogP contribution >= 0.6 is 0 Å². The Morgan fingerprint density at radius 2 is 1.71 bits per heavy atom. The van der Waals surface area contributed by atoms with Crippen LogP contribution in [0.15, 0.2) is 0 Å². The minimum atomic E-state index is -4.41. The zero-order valence-corrected chi connectivity index (χ0v) is 11.8. The van der Waals surface area contributed by atoms with E-state index < -0.39 is 30.0 Å². The first-order chi connectivity index (χ1) is 9.71. The third kappa shape index (κ3) is 4.61. The Morgan fingerprint density at radius 1 is 1.14 bits per heavy atom. The Morgan fingerprint density at radius 3 is 2.14 bits per heavy atom. The molecule has 0 heterocycles. The maximum atomic E-state index is 12.6. The highest BCUT2D eigenvalue weighted by atomic mass is 19.4. The molecule has 1 amide bonds. The van der Waals surface area contributed by atoms with E-state index >= 15 is 0 Å². The maximum Gasteiger partial charge on any atom is 0.406 e. The van der Waals surface area contributed by atoms with E-state index in [4.69, 9.17) is 5.11 Å². The van der Waals surface area contributed by atoms with Crippen molar-refractivity contribution >= 4 is 11.9 Å². The van der Waals surface area contributed by atoms with Gasteiger partial charge in [-0.25, -0.2) is 0 Å². The molecule has 0 atom stereocenters. The first kappa shape index (κ1) is 16.1. The van der Waals surface area contributed by atoms with Crippen LogP contribution in [0, 0.1) is 5.41 Å². The average molecular weight is 307 g/mol. The predicted molar refractivity (Wildman–Crippen MR) is 68.6 cm³/mol. The zero-order chi connectivity index (χ0) is 15.7. The Bertz CT molecular complexity index is 412. The number of hydrogen-bond acceptors (Lipinski definition) is 2. The topological polar surface area (TPSA) is 57.6 Å². The lowest BCUT2D eigenvalue weighted by Gasteiger charge is -2.31. The van der Waals surface area contributed by atoms with Gasteiger partial charge in [0.1, 0.15) is 6.54 Å². The van der Waals surface area contributed by atoms with Gasteiger partial charge in [0.2, 0.25) is 5.91 Å². The van der Waals surface area contributed by atoms with E-state index in [9.17, 15) is 22.8 Å². The van der Waals surface area contributed by atoms with E-state index in [1.54, 1.807) is 0 Å². The van der Waals surface area contributed by atoms with Gasteiger partial charge in [-0.3, -0.25) is 9.59 Å². The number of amides is 1. The van der Waals surface area contributed by atoms with Crippen LogP contribution in [0.1, 0.15) is 51.4 Å². The first-order valence-corrected chi connectivity index (χ1v) is 7.29. The number of carbonyl (C=O) groups excluding carboxylic acids is 1. The summed E-state index contributed by atoms with van der Waals surface area (Å²) in [7, 11) is 0. The maximum absolute atomic E-state index is 12.6. The number of halogens is 3. The average Bonchev–Trinajstić information content (AvgIpc) is 3.07. The molecule has 4 nitrogen and oxygen atoms in total. The van der Waals surface area contributed by atoms with Crippen molar-refractivity contribution in [1.82, 2.24) is 4.90 Å². The van der Waals surface area contributed by atoms with Crippen LogP contribution in [0.4, 0.5) is 13.2 Å². The Hall–Kier alpha value is -1.27. The van der Waals surface area contributed by atoms with Crippen molar-refractivity contribution in [3.05, 3.63) is 0 Å². The van der Waals surface area contributed by atoms with Crippen molar-refractivity contribution in [2.75, 3.05) is 6.54 Å². The summed E-state index contributed by atoms with van der Waals surface area (Å²) in [6.45, 7) is -1.22. The van der Waals surface area contributed by atoms with Gasteiger partial charge in [-0.2, -0.15) is 13.2 Å². The highest BCUT2D eigenvalue weighted by Gasteiger charge is 2.44. The van der Waals surface area contributed by atoms with E-state index in [1.807, 2.05) is 0 Å². The lowest BCUT2D eigenvalue weighted by Crippen LogP contribution is -2.42. The third-order valence-corrected chi connectivity index (χ3v) is 4.37. The molecule has 1 N–H and O–H groups in total. The molecule has 0 spiro atoms. The number of carbonyl (C=O) groups is 2. The van der Waals surface area contributed by atoms with Gasteiger partial charge in [-0.15, -0.1) is 0 Å². The number of carboxylic acid groups (broad SMARTS) is 1. The molecule has 21 heavy (non-hydrogen) atoms. The Labute approximate surface area is 121 Å². The molecule has 2 saturated carbocycles. The fourth-order valence-corrected chi connectivity index (χ4v) is 3.28. The van der Waals surface area contributed by atoms with Gasteiger partial charge in [0.25, 0.3) is 0 Å². The molecule has 7 heteroatoms. The normalized spacial score (nSPS) is 21.3. The summed E-state index contributed by atoms with van der Waals surface area (Å²) in [5, 5.41) is 8.99. The lowest BCUT2D eigenvalue weighted by molar-refractivity contribution is -0.164. The number of rotatable bonds is 6. The molecule has 2 rings (SSSR count). The van der Waals surface area contributed by atoms with Crippen LogP contribution in [0.3, 0.4) is 0 Å². The predicted octanol–water partition coefficient (Wildman–Crippen LogP) is 2.96. The molecule has 2 aliphatic carbocycles. The summed E-state index contributed by atoms with van der Waals surface area (Å²) in [6.07, 6.45) is -0.526. The minimum Gasteiger partial charge on any atom is -0.481 e. The summed E-state index contributed by atoms with van der Waals surface area (Å²) in [5.74, 6) is -1.53. The number of hydrogen-bond donors (Lipinski definition) is 1. The molecule has 0 unspecified atom stereocenters. The molecule has 2 fully saturated rings. The first-order valence-electron chi connectivity index (χ1n) is 7.29. The Kier molecular flexibility index (Phi) is 4.49. The van der Waals surface area contributed by atoms with Gasteiger partial charge in [-0.1, -0.05) is 12.8 Å². The number of alkyl halides is 3. The van der Waals surface area contributed by atoms with Gasteiger partial charge >= 0.3 is 12.1 Å². The third-order valence-electron chi connectivity index (χ3n) is 4.37. The van der Waals surface area contributed by atoms with E-state index in [-0.39, 0.29) is 18.9 Å². The summed E-state index contributed by atoms with van der Waals surface area (Å²) >= 11 is 0. The molecule has 0 bridgehead atoms. The van der Waals surface area contributed by atoms with Crippen molar-refractivity contribution < 1.29 is 27.9 Å². The van der Waals surface area contributed by atoms with Crippen molar-refractivity contribution in [2.24, 2.45) is 5.41 Å². The van der Waals surface area contributed by atoms with Crippen LogP contribution in [-0.4, -0.2) is 40.6 Å². The van der Waals surface area contributed by atoms with Crippen molar-refractivity contribution in [1.29, 1.82) is 0 Å². The molecule has 0 saturated heterocycles. The molecule has 0 aliphatic heterocycles. The lowest BCUT2D eigenvalue weighted by atomic mass is 9.79. The van der Waals surface area contributed by atoms with Crippen molar-refractivity contribution in [2.45, 2.75) is 63.6 Å². The van der Waals surface area contributed by atoms with Crippen LogP contribution in [-0.2, 0) is 9.59 Å². The molecule has 0 aromatic rings. The molecule has 2 aliphatic rings. The quantitative estimate of drug-likeness (QED) is 0.821. The van der Waals surface area contributed by atoms with E-state index in [0.29, 0.717) is 25.7 Å². The molecule has 0 aromatic heterocycles. The van der Waals surface area contributed by atoms with Crippen LogP contribution in [0.2, 0.25) is 0 Å². The zero-order valence-electron chi connectivity index (χ0n) is 11.8. The monoisotopic (exact) mass is 307 g/mol. The molecular weight excluding hydrogens is 287 g/mol. The second-order valence-corrected chi connectivity index (χ2v) is 6.32. The largest absolute Gasteiger partial charge is 0.481 e. The minimum absolute atomic E-state index is 0.0775. The van der Waals surface area contributed by atoms with Crippen molar-refractivity contribution in [3.8, 4) is 0 Å². The van der Waals surface area contributed by atoms with Crippen LogP contribution in [0.5, 0.6) is 0 Å².